The van der Waals surface area contributed by atoms with Crippen molar-refractivity contribution in [2.24, 2.45) is 0 Å². The van der Waals surface area contributed by atoms with Crippen LogP contribution in [0.1, 0.15) is 30.6 Å². The maximum Gasteiger partial charge on any atom is 0.251 e. The predicted molar refractivity (Wildman–Crippen MR) is 104 cm³/mol. The van der Waals surface area contributed by atoms with Gasteiger partial charge in [-0.1, -0.05) is 6.07 Å². The molecular weight excluding hydrogens is 363 g/mol. The van der Waals surface area contributed by atoms with Crippen LogP contribution in [-0.4, -0.2) is 84.8 Å². The van der Waals surface area contributed by atoms with Crippen LogP contribution in [0.15, 0.2) is 24.3 Å². The maximum atomic E-state index is 13.2. The van der Waals surface area contributed by atoms with Crippen LogP contribution < -0.4 is 5.32 Å². The maximum absolute atomic E-state index is 13.2. The summed E-state index contributed by atoms with van der Waals surface area (Å²) >= 11 is 0. The Balaban J connectivity index is 1.80. The molecule has 154 valence electrons. The normalized spacial score (nSPS) is 15.0. The van der Waals surface area contributed by atoms with E-state index in [0.29, 0.717) is 39.3 Å². The molecule has 1 saturated heterocycles. The van der Waals surface area contributed by atoms with Crippen molar-refractivity contribution in [2.45, 2.75) is 20.3 Å². The molecule has 1 aliphatic rings. The molecule has 0 aromatic heterocycles. The summed E-state index contributed by atoms with van der Waals surface area (Å²) in [5, 5.41) is 2.55. The van der Waals surface area contributed by atoms with E-state index in [4.69, 9.17) is 0 Å². The van der Waals surface area contributed by atoms with Gasteiger partial charge in [0.2, 0.25) is 11.8 Å². The lowest BCUT2D eigenvalue weighted by Crippen LogP contribution is -2.43. The molecule has 3 amide bonds. The Bertz CT molecular complexity index is 694. The van der Waals surface area contributed by atoms with Gasteiger partial charge >= 0.3 is 0 Å². The van der Waals surface area contributed by atoms with Crippen molar-refractivity contribution >= 4 is 17.7 Å². The number of nitrogens with zero attached hydrogens (tertiary/aromatic N) is 3. The van der Waals surface area contributed by atoms with Crippen molar-refractivity contribution < 1.29 is 18.8 Å². The summed E-state index contributed by atoms with van der Waals surface area (Å²) < 4.78 is 13.2. The Morgan fingerprint density at radius 3 is 2.54 bits per heavy atom. The van der Waals surface area contributed by atoms with E-state index in [9.17, 15) is 18.8 Å². The first-order chi connectivity index (χ1) is 13.4. The van der Waals surface area contributed by atoms with Gasteiger partial charge in [-0.25, -0.2) is 4.39 Å². The lowest BCUT2D eigenvalue weighted by molar-refractivity contribution is -0.132. The average molecular weight is 392 g/mol. The molecular formula is C20H29FN4O3. The third kappa shape index (κ3) is 6.30. The highest BCUT2D eigenvalue weighted by molar-refractivity contribution is 5.96. The third-order valence-electron chi connectivity index (χ3n) is 4.90. The number of likely N-dealkylation sites (N-methyl/N-ethyl adjacent to an activating group) is 1. The van der Waals surface area contributed by atoms with Gasteiger partial charge in [0, 0.05) is 44.8 Å². The minimum atomic E-state index is -0.495. The molecule has 0 aliphatic carbocycles. The standard InChI is InChI=1S/C20H29FN4O3/c1-3-24(4-2)19(27)15-23-9-6-10-25(12-11-23)18(26)14-22-20(28)16-7-5-8-17(21)13-16/h5,7-8,13H,3-4,6,9-12,14-15H2,1-2H3,(H,22,28). The van der Waals surface area contributed by atoms with Crippen LogP contribution in [0.3, 0.4) is 0 Å². The van der Waals surface area contributed by atoms with E-state index >= 15 is 0 Å². The van der Waals surface area contributed by atoms with E-state index in [1.807, 2.05) is 13.8 Å². The van der Waals surface area contributed by atoms with E-state index in [2.05, 4.69) is 10.2 Å². The van der Waals surface area contributed by atoms with Gasteiger partial charge in [-0.2, -0.15) is 0 Å². The van der Waals surface area contributed by atoms with Gasteiger partial charge in [0.05, 0.1) is 13.1 Å². The zero-order valence-corrected chi connectivity index (χ0v) is 16.6. The highest BCUT2D eigenvalue weighted by Gasteiger charge is 2.22. The molecule has 1 aromatic rings. The topological polar surface area (TPSA) is 73.0 Å². The summed E-state index contributed by atoms with van der Waals surface area (Å²) in [7, 11) is 0. The third-order valence-corrected chi connectivity index (χ3v) is 4.90. The lowest BCUT2D eigenvalue weighted by atomic mass is 10.2. The molecule has 0 bridgehead atoms. The van der Waals surface area contributed by atoms with Crippen LogP contribution in [-0.2, 0) is 9.59 Å². The summed E-state index contributed by atoms with van der Waals surface area (Å²) in [5.74, 6) is -1.05. The molecule has 1 fully saturated rings. The minimum Gasteiger partial charge on any atom is -0.343 e. The van der Waals surface area contributed by atoms with Gasteiger partial charge in [0.1, 0.15) is 5.82 Å². The Hall–Kier alpha value is -2.48. The smallest absolute Gasteiger partial charge is 0.251 e. The summed E-state index contributed by atoms with van der Waals surface area (Å²) in [6.45, 7) is 8.02. The molecule has 28 heavy (non-hydrogen) atoms. The summed E-state index contributed by atoms with van der Waals surface area (Å²) in [5.41, 5.74) is 0.185. The van der Waals surface area contributed by atoms with Crippen molar-refractivity contribution in [1.29, 1.82) is 0 Å². The fourth-order valence-corrected chi connectivity index (χ4v) is 3.25. The summed E-state index contributed by atoms with van der Waals surface area (Å²) in [6, 6.07) is 5.35. The van der Waals surface area contributed by atoms with Crippen LogP contribution in [0.4, 0.5) is 4.39 Å². The number of rotatable bonds is 7. The van der Waals surface area contributed by atoms with Crippen LogP contribution >= 0.6 is 0 Å². The molecule has 7 nitrogen and oxygen atoms in total. The van der Waals surface area contributed by atoms with Crippen molar-refractivity contribution in [3.63, 3.8) is 0 Å². The van der Waals surface area contributed by atoms with Crippen LogP contribution in [0, 0.1) is 5.82 Å². The Labute approximate surface area is 165 Å². The second kappa shape index (κ2) is 10.8. The van der Waals surface area contributed by atoms with Gasteiger partial charge in [0.25, 0.3) is 5.91 Å². The number of halogens is 1. The first-order valence-electron chi connectivity index (χ1n) is 9.76. The van der Waals surface area contributed by atoms with Crippen LogP contribution in [0.5, 0.6) is 0 Å². The zero-order chi connectivity index (χ0) is 20.5. The van der Waals surface area contributed by atoms with E-state index < -0.39 is 11.7 Å². The van der Waals surface area contributed by atoms with E-state index in [1.54, 1.807) is 9.80 Å². The molecule has 0 atom stereocenters. The number of amides is 3. The lowest BCUT2D eigenvalue weighted by Gasteiger charge is -2.25. The molecule has 0 saturated carbocycles. The first-order valence-corrected chi connectivity index (χ1v) is 9.76. The molecule has 2 rings (SSSR count). The highest BCUT2D eigenvalue weighted by atomic mass is 19.1. The monoisotopic (exact) mass is 392 g/mol. The largest absolute Gasteiger partial charge is 0.343 e. The number of nitrogens with one attached hydrogen (secondary N) is 1. The van der Waals surface area contributed by atoms with Crippen molar-refractivity contribution in [3.05, 3.63) is 35.6 Å². The Morgan fingerprint density at radius 1 is 1.11 bits per heavy atom. The van der Waals surface area contributed by atoms with E-state index in [0.717, 1.165) is 19.0 Å². The minimum absolute atomic E-state index is 0.104. The van der Waals surface area contributed by atoms with Crippen molar-refractivity contribution in [2.75, 3.05) is 52.4 Å². The Kier molecular flexibility index (Phi) is 8.38. The molecule has 1 heterocycles. The van der Waals surface area contributed by atoms with Crippen molar-refractivity contribution in [1.82, 2.24) is 20.0 Å². The second-order valence-electron chi connectivity index (χ2n) is 6.77. The van der Waals surface area contributed by atoms with Gasteiger partial charge in [-0.15, -0.1) is 0 Å². The number of hydrogen-bond acceptors (Lipinski definition) is 4. The first kappa shape index (κ1) is 21.8. The van der Waals surface area contributed by atoms with E-state index in [1.165, 1.54) is 18.2 Å². The van der Waals surface area contributed by atoms with E-state index in [-0.39, 0.29) is 23.9 Å². The van der Waals surface area contributed by atoms with Crippen LogP contribution in [0.2, 0.25) is 0 Å². The average Bonchev–Trinajstić information content (AvgIpc) is 2.92. The number of carbonyl (C=O) groups excluding carboxylic acids is 3. The number of benzene rings is 1. The molecule has 1 aliphatic heterocycles. The predicted octanol–water partition coefficient (Wildman–Crippen LogP) is 0.958. The second-order valence-corrected chi connectivity index (χ2v) is 6.77. The van der Waals surface area contributed by atoms with Gasteiger partial charge < -0.3 is 15.1 Å². The van der Waals surface area contributed by atoms with Crippen LogP contribution in [0.25, 0.3) is 0 Å². The summed E-state index contributed by atoms with van der Waals surface area (Å²) in [4.78, 5) is 42.3. The number of carbonyl (C=O) groups is 3. The summed E-state index contributed by atoms with van der Waals surface area (Å²) in [6.07, 6.45) is 0.773. The molecule has 0 unspecified atom stereocenters. The Morgan fingerprint density at radius 2 is 1.86 bits per heavy atom. The molecule has 8 heteroatoms. The van der Waals surface area contributed by atoms with Gasteiger partial charge in [-0.3, -0.25) is 19.3 Å². The fourth-order valence-electron chi connectivity index (χ4n) is 3.25. The van der Waals surface area contributed by atoms with Gasteiger partial charge in [-0.05, 0) is 38.5 Å². The molecule has 0 radical (unpaired) electrons. The van der Waals surface area contributed by atoms with Crippen molar-refractivity contribution in [3.8, 4) is 0 Å². The fraction of sp³-hybridized carbons (Fsp3) is 0.550. The molecule has 1 aromatic carbocycles. The zero-order valence-electron chi connectivity index (χ0n) is 16.6. The SMILES string of the molecule is CCN(CC)C(=O)CN1CCCN(C(=O)CNC(=O)c2cccc(F)c2)CC1. The molecule has 1 N–H and O–H groups in total. The highest BCUT2D eigenvalue weighted by Crippen LogP contribution is 2.06. The van der Waals surface area contributed by atoms with Gasteiger partial charge in [0.15, 0.2) is 0 Å². The quantitative estimate of drug-likeness (QED) is 0.750. The molecule has 0 spiro atoms. The number of hydrogen-bond donors (Lipinski definition) is 1.